The molecule has 1 aromatic heterocycles. The number of carbonyl (C=O) groups is 1. The molecule has 0 saturated carbocycles. The minimum Gasteiger partial charge on any atom is -0.484 e. The number of hydrogen-bond acceptors (Lipinski definition) is 3. The molecule has 3 rings (SSSR count). The van der Waals surface area contributed by atoms with Gasteiger partial charge in [0.25, 0.3) is 5.91 Å². The van der Waals surface area contributed by atoms with Crippen molar-refractivity contribution in [2.24, 2.45) is 0 Å². The molecule has 116 valence electrons. The first-order valence-electron chi connectivity index (χ1n) is 7.34. The maximum atomic E-state index is 12.0. The molecule has 0 saturated heterocycles. The van der Waals surface area contributed by atoms with E-state index in [4.69, 9.17) is 4.74 Å². The number of amides is 1. The highest BCUT2D eigenvalue weighted by molar-refractivity contribution is 5.91. The van der Waals surface area contributed by atoms with Crippen LogP contribution >= 0.6 is 0 Å². The summed E-state index contributed by atoms with van der Waals surface area (Å²) in [5.74, 6) is 0.486. The molecule has 0 bridgehead atoms. The van der Waals surface area contributed by atoms with Crippen LogP contribution in [0.1, 0.15) is 5.56 Å². The van der Waals surface area contributed by atoms with Gasteiger partial charge in [-0.15, -0.1) is 0 Å². The second-order valence-corrected chi connectivity index (χ2v) is 5.05. The Morgan fingerprint density at radius 1 is 1.09 bits per heavy atom. The minimum absolute atomic E-state index is 0.0204. The van der Waals surface area contributed by atoms with Crippen LogP contribution in [-0.2, 0) is 11.3 Å². The Morgan fingerprint density at radius 2 is 1.96 bits per heavy atom. The van der Waals surface area contributed by atoms with E-state index in [1.54, 1.807) is 6.20 Å². The standard InChI is InChI=1S/C18H17N3O2/c22-18(14-23-17-8-2-1-3-9-17)20-16-7-4-6-15(12-16)13-21-11-5-10-19-21/h1-12H,13-14H2,(H,20,22). The number of rotatable bonds is 6. The number of carbonyl (C=O) groups excluding carboxylic acids is 1. The van der Waals surface area contributed by atoms with E-state index in [1.807, 2.05) is 71.5 Å². The monoisotopic (exact) mass is 307 g/mol. The van der Waals surface area contributed by atoms with Crippen LogP contribution < -0.4 is 10.1 Å². The van der Waals surface area contributed by atoms with Crippen molar-refractivity contribution in [2.75, 3.05) is 11.9 Å². The number of hydrogen-bond donors (Lipinski definition) is 1. The number of anilines is 1. The van der Waals surface area contributed by atoms with Gasteiger partial charge in [0.05, 0.1) is 6.54 Å². The highest BCUT2D eigenvalue weighted by Crippen LogP contribution is 2.12. The predicted molar refractivity (Wildman–Crippen MR) is 88.3 cm³/mol. The van der Waals surface area contributed by atoms with Crippen molar-refractivity contribution in [3.05, 3.63) is 78.6 Å². The van der Waals surface area contributed by atoms with Crippen molar-refractivity contribution >= 4 is 11.6 Å². The molecule has 2 aromatic carbocycles. The summed E-state index contributed by atoms with van der Waals surface area (Å²) in [6.07, 6.45) is 3.64. The number of benzene rings is 2. The third-order valence-electron chi connectivity index (χ3n) is 3.23. The molecule has 3 aromatic rings. The summed E-state index contributed by atoms with van der Waals surface area (Å²) in [7, 11) is 0. The number of nitrogens with zero attached hydrogens (tertiary/aromatic N) is 2. The highest BCUT2D eigenvalue weighted by atomic mass is 16.5. The summed E-state index contributed by atoms with van der Waals surface area (Å²) in [4.78, 5) is 12.0. The average molecular weight is 307 g/mol. The maximum Gasteiger partial charge on any atom is 0.262 e. The Balaban J connectivity index is 1.56. The molecule has 23 heavy (non-hydrogen) atoms. The van der Waals surface area contributed by atoms with E-state index in [0.717, 1.165) is 11.3 Å². The number of ether oxygens (including phenoxy) is 1. The van der Waals surface area contributed by atoms with Gasteiger partial charge in [0.15, 0.2) is 6.61 Å². The Labute approximate surface area is 134 Å². The average Bonchev–Trinajstić information content (AvgIpc) is 3.07. The zero-order chi connectivity index (χ0) is 15.9. The third-order valence-corrected chi connectivity index (χ3v) is 3.23. The molecule has 0 atom stereocenters. The van der Waals surface area contributed by atoms with Crippen molar-refractivity contribution in [2.45, 2.75) is 6.54 Å². The molecule has 0 aliphatic heterocycles. The fourth-order valence-electron chi connectivity index (χ4n) is 2.19. The summed E-state index contributed by atoms with van der Waals surface area (Å²) in [6, 6.07) is 18.8. The third kappa shape index (κ3) is 4.44. The summed E-state index contributed by atoms with van der Waals surface area (Å²) in [6.45, 7) is 0.643. The minimum atomic E-state index is -0.190. The molecule has 0 aliphatic carbocycles. The smallest absolute Gasteiger partial charge is 0.262 e. The van der Waals surface area contributed by atoms with Gasteiger partial charge in [0, 0.05) is 18.1 Å². The Morgan fingerprint density at radius 3 is 2.74 bits per heavy atom. The van der Waals surface area contributed by atoms with Gasteiger partial charge >= 0.3 is 0 Å². The van der Waals surface area contributed by atoms with Gasteiger partial charge in [-0.1, -0.05) is 30.3 Å². The molecule has 5 heteroatoms. The zero-order valence-corrected chi connectivity index (χ0v) is 12.6. The molecule has 1 N–H and O–H groups in total. The maximum absolute atomic E-state index is 12.0. The summed E-state index contributed by atoms with van der Waals surface area (Å²) >= 11 is 0. The molecular weight excluding hydrogens is 290 g/mol. The second-order valence-electron chi connectivity index (χ2n) is 5.05. The van der Waals surface area contributed by atoms with E-state index in [2.05, 4.69) is 10.4 Å². The molecule has 1 heterocycles. The van der Waals surface area contributed by atoms with Crippen LogP contribution in [0.2, 0.25) is 0 Å². The number of para-hydroxylation sites is 1. The van der Waals surface area contributed by atoms with E-state index >= 15 is 0 Å². The van der Waals surface area contributed by atoms with Crippen LogP contribution in [-0.4, -0.2) is 22.3 Å². The summed E-state index contributed by atoms with van der Waals surface area (Å²) in [5.41, 5.74) is 1.81. The Bertz CT molecular complexity index is 755. The van der Waals surface area contributed by atoms with Gasteiger partial charge in [0.2, 0.25) is 0 Å². The first-order valence-corrected chi connectivity index (χ1v) is 7.34. The number of aromatic nitrogens is 2. The fourth-order valence-corrected chi connectivity index (χ4v) is 2.19. The lowest BCUT2D eigenvalue weighted by Crippen LogP contribution is -2.20. The lowest BCUT2D eigenvalue weighted by Gasteiger charge is -2.09. The first-order chi connectivity index (χ1) is 11.3. The van der Waals surface area contributed by atoms with Crippen molar-refractivity contribution in [3.8, 4) is 5.75 Å². The topological polar surface area (TPSA) is 56.1 Å². The first kappa shape index (κ1) is 14.8. The normalized spacial score (nSPS) is 10.3. The SMILES string of the molecule is O=C(COc1ccccc1)Nc1cccc(Cn2cccn2)c1. The van der Waals surface area contributed by atoms with Crippen LogP contribution in [0.5, 0.6) is 5.75 Å². The Kier molecular flexibility index (Phi) is 4.69. The molecule has 0 radical (unpaired) electrons. The van der Waals surface area contributed by atoms with Crippen LogP contribution in [0.25, 0.3) is 0 Å². The van der Waals surface area contributed by atoms with Gasteiger partial charge in [-0.25, -0.2) is 0 Å². The molecule has 5 nitrogen and oxygen atoms in total. The number of nitrogens with one attached hydrogen (secondary N) is 1. The fraction of sp³-hybridized carbons (Fsp3) is 0.111. The zero-order valence-electron chi connectivity index (χ0n) is 12.6. The van der Waals surface area contributed by atoms with E-state index in [1.165, 1.54) is 0 Å². The lowest BCUT2D eigenvalue weighted by molar-refractivity contribution is -0.118. The van der Waals surface area contributed by atoms with E-state index in [9.17, 15) is 4.79 Å². The summed E-state index contributed by atoms with van der Waals surface area (Å²) in [5, 5.41) is 7.01. The van der Waals surface area contributed by atoms with Gasteiger partial charge in [-0.05, 0) is 35.9 Å². The highest BCUT2D eigenvalue weighted by Gasteiger charge is 2.04. The van der Waals surface area contributed by atoms with Crippen LogP contribution in [0.15, 0.2) is 73.1 Å². The van der Waals surface area contributed by atoms with Crippen molar-refractivity contribution in [1.29, 1.82) is 0 Å². The van der Waals surface area contributed by atoms with Crippen LogP contribution in [0.4, 0.5) is 5.69 Å². The van der Waals surface area contributed by atoms with E-state index in [0.29, 0.717) is 12.3 Å². The van der Waals surface area contributed by atoms with Crippen molar-refractivity contribution in [3.63, 3.8) is 0 Å². The van der Waals surface area contributed by atoms with Crippen molar-refractivity contribution in [1.82, 2.24) is 9.78 Å². The van der Waals surface area contributed by atoms with Gasteiger partial charge < -0.3 is 10.1 Å². The van der Waals surface area contributed by atoms with Gasteiger partial charge in [-0.3, -0.25) is 9.48 Å². The quantitative estimate of drug-likeness (QED) is 0.762. The van der Waals surface area contributed by atoms with E-state index in [-0.39, 0.29) is 12.5 Å². The van der Waals surface area contributed by atoms with Gasteiger partial charge in [0.1, 0.15) is 5.75 Å². The molecule has 0 aliphatic rings. The summed E-state index contributed by atoms with van der Waals surface area (Å²) < 4.78 is 7.26. The Hall–Kier alpha value is -3.08. The van der Waals surface area contributed by atoms with Crippen LogP contribution in [0, 0.1) is 0 Å². The largest absolute Gasteiger partial charge is 0.484 e. The predicted octanol–water partition coefficient (Wildman–Crippen LogP) is 2.95. The van der Waals surface area contributed by atoms with Gasteiger partial charge in [-0.2, -0.15) is 5.10 Å². The molecule has 0 fully saturated rings. The molecule has 1 amide bonds. The second kappa shape index (κ2) is 7.26. The van der Waals surface area contributed by atoms with Crippen LogP contribution in [0.3, 0.4) is 0 Å². The molecular formula is C18H17N3O2. The van der Waals surface area contributed by atoms with E-state index < -0.39 is 0 Å². The molecule has 0 spiro atoms. The molecule has 0 unspecified atom stereocenters. The lowest BCUT2D eigenvalue weighted by atomic mass is 10.2. The van der Waals surface area contributed by atoms with Crippen molar-refractivity contribution < 1.29 is 9.53 Å².